The van der Waals surface area contributed by atoms with Gasteiger partial charge < -0.3 is 20.1 Å². The van der Waals surface area contributed by atoms with Crippen LogP contribution in [0.5, 0.6) is 0 Å². The van der Waals surface area contributed by atoms with Crippen LogP contribution in [0.25, 0.3) is 6.08 Å². The number of hydrogen-bond acceptors (Lipinski definition) is 7. The van der Waals surface area contributed by atoms with Gasteiger partial charge in [0, 0.05) is 36.5 Å². The van der Waals surface area contributed by atoms with Gasteiger partial charge in [0.25, 0.3) is 5.91 Å². The molecule has 4 aliphatic rings. The number of nitrogens with zero attached hydrogens (tertiary/aromatic N) is 3. The van der Waals surface area contributed by atoms with Gasteiger partial charge in [0.15, 0.2) is 0 Å². The maximum Gasteiger partial charge on any atom is 0.253 e. The van der Waals surface area contributed by atoms with Crippen molar-refractivity contribution in [3.63, 3.8) is 0 Å². The number of rotatable bonds is 9. The highest BCUT2D eigenvalue weighted by Gasteiger charge is 2.48. The molecule has 0 unspecified atom stereocenters. The molecule has 3 heterocycles. The molecule has 224 valence electrons. The predicted octanol–water partition coefficient (Wildman–Crippen LogP) is 3.05. The van der Waals surface area contributed by atoms with Crippen LogP contribution in [-0.4, -0.2) is 80.0 Å². The average Bonchev–Trinajstić information content (AvgIpc) is 3.48. The number of carbonyl (C=O) groups excluding carboxylic acids is 2. The van der Waals surface area contributed by atoms with Crippen LogP contribution in [0.2, 0.25) is 0 Å². The fourth-order valence-electron chi connectivity index (χ4n) is 6.69. The summed E-state index contributed by atoms with van der Waals surface area (Å²) in [7, 11) is -3.70. The molecule has 1 saturated carbocycles. The molecule has 5 rings (SSSR count). The summed E-state index contributed by atoms with van der Waals surface area (Å²) in [6.45, 7) is 4.83. The number of benzene rings is 1. The summed E-state index contributed by atoms with van der Waals surface area (Å²) in [5.74, 6) is 1.06. The Hall–Kier alpha value is -2.60. The summed E-state index contributed by atoms with van der Waals surface area (Å²) >= 11 is 0. The number of aryl methyl sites for hydroxylation is 2. The van der Waals surface area contributed by atoms with E-state index in [1.54, 1.807) is 11.0 Å². The van der Waals surface area contributed by atoms with E-state index in [-0.39, 0.29) is 44.2 Å². The Morgan fingerprint density at radius 3 is 2.44 bits per heavy atom. The number of carbonyl (C=O) groups is 2. The molecule has 2 saturated heterocycles. The second-order valence-electron chi connectivity index (χ2n) is 11.8. The second-order valence-corrected chi connectivity index (χ2v) is 13.6. The molecule has 1 aromatic rings. The van der Waals surface area contributed by atoms with Crippen LogP contribution in [0.3, 0.4) is 0 Å². The lowest BCUT2D eigenvalue weighted by Crippen LogP contribution is -2.50. The van der Waals surface area contributed by atoms with E-state index in [1.165, 1.54) is 16.1 Å². The molecule has 41 heavy (non-hydrogen) atoms. The number of nitrogens with one attached hydrogen (secondary N) is 1. The molecular formula is C30H42N4O6S. The van der Waals surface area contributed by atoms with Crippen LogP contribution in [-0.2, 0) is 24.3 Å². The molecule has 1 aliphatic carbocycles. The first-order valence-electron chi connectivity index (χ1n) is 14.8. The lowest BCUT2D eigenvalue weighted by Gasteiger charge is -2.34. The number of hydrogen-bond donors (Lipinski definition) is 2. The number of piperidine rings is 1. The molecular weight excluding hydrogens is 544 g/mol. The van der Waals surface area contributed by atoms with Gasteiger partial charge in [-0.25, -0.2) is 8.42 Å². The molecule has 0 radical (unpaired) electrons. The molecule has 2 N–H and O–H groups in total. The van der Waals surface area contributed by atoms with Crippen LogP contribution in [0.4, 0.5) is 5.69 Å². The normalized spacial score (nSPS) is 24.0. The van der Waals surface area contributed by atoms with Crippen molar-refractivity contribution >= 4 is 39.4 Å². The van der Waals surface area contributed by atoms with Crippen molar-refractivity contribution < 1.29 is 27.9 Å². The van der Waals surface area contributed by atoms with Crippen molar-refractivity contribution in [1.29, 1.82) is 0 Å². The standard InChI is InChI=1S/C30H42N4O6S/c1-21-18-25(34-24(8-9-27(34)36)20-40-16-15-35)19-22(2)26(21)10-17-41(38,39)33-13-11-30(12-14-33)29(37)31-28(32-30)23-6-4-3-5-7-23/h10,17-19,23-24,35H,3-9,11-16,20H2,1-2H3,(H,31,32,37)/t24-/m1/s1. The van der Waals surface area contributed by atoms with Gasteiger partial charge in [-0.1, -0.05) is 19.3 Å². The lowest BCUT2D eigenvalue weighted by molar-refractivity contribution is -0.125. The highest BCUT2D eigenvalue weighted by atomic mass is 32.2. The van der Waals surface area contributed by atoms with E-state index in [2.05, 4.69) is 5.32 Å². The van der Waals surface area contributed by atoms with E-state index in [0.29, 0.717) is 38.2 Å². The maximum absolute atomic E-state index is 13.3. The smallest absolute Gasteiger partial charge is 0.253 e. The van der Waals surface area contributed by atoms with Gasteiger partial charge in [0.1, 0.15) is 11.4 Å². The van der Waals surface area contributed by atoms with Crippen LogP contribution in [0.1, 0.15) is 74.5 Å². The van der Waals surface area contributed by atoms with E-state index < -0.39 is 15.6 Å². The van der Waals surface area contributed by atoms with Crippen LogP contribution >= 0.6 is 0 Å². The highest BCUT2D eigenvalue weighted by Crippen LogP contribution is 2.35. The van der Waals surface area contributed by atoms with Crippen LogP contribution in [0, 0.1) is 19.8 Å². The van der Waals surface area contributed by atoms with E-state index in [9.17, 15) is 18.0 Å². The number of sulfonamides is 1. The van der Waals surface area contributed by atoms with Gasteiger partial charge >= 0.3 is 0 Å². The minimum atomic E-state index is -3.70. The van der Waals surface area contributed by atoms with Crippen molar-refractivity contribution in [2.24, 2.45) is 10.9 Å². The Balaban J connectivity index is 1.25. The predicted molar refractivity (Wildman–Crippen MR) is 158 cm³/mol. The summed E-state index contributed by atoms with van der Waals surface area (Å²) in [4.78, 5) is 32.2. The molecule has 1 spiro atoms. The number of aliphatic hydroxyl groups is 1. The van der Waals surface area contributed by atoms with E-state index in [4.69, 9.17) is 14.8 Å². The van der Waals surface area contributed by atoms with Crippen molar-refractivity contribution in [2.45, 2.75) is 83.2 Å². The molecule has 2 amide bonds. The zero-order valence-electron chi connectivity index (χ0n) is 24.1. The molecule has 1 aromatic carbocycles. The first-order chi connectivity index (χ1) is 19.6. The Bertz CT molecular complexity index is 1300. The summed E-state index contributed by atoms with van der Waals surface area (Å²) in [5, 5.41) is 13.3. The van der Waals surface area contributed by atoms with Crippen molar-refractivity contribution in [1.82, 2.24) is 9.62 Å². The van der Waals surface area contributed by atoms with E-state index >= 15 is 0 Å². The van der Waals surface area contributed by atoms with Gasteiger partial charge in [-0.3, -0.25) is 14.6 Å². The summed E-state index contributed by atoms with van der Waals surface area (Å²) in [6, 6.07) is 3.72. The van der Waals surface area contributed by atoms with Crippen molar-refractivity contribution in [2.75, 3.05) is 37.8 Å². The number of aliphatic imine (C=N–C) groups is 1. The van der Waals surface area contributed by atoms with E-state index in [0.717, 1.165) is 53.9 Å². The largest absolute Gasteiger partial charge is 0.394 e. The fourth-order valence-corrected chi connectivity index (χ4v) is 7.87. The number of amides is 2. The second kappa shape index (κ2) is 12.3. The van der Waals surface area contributed by atoms with Gasteiger partial charge in [0.2, 0.25) is 15.9 Å². The third kappa shape index (κ3) is 6.28. The number of aliphatic hydroxyl groups excluding tert-OH is 1. The summed E-state index contributed by atoms with van der Waals surface area (Å²) in [5.41, 5.74) is 2.45. The van der Waals surface area contributed by atoms with Gasteiger partial charge in [-0.2, -0.15) is 4.31 Å². The molecule has 3 aliphatic heterocycles. The molecule has 3 fully saturated rings. The van der Waals surface area contributed by atoms with Gasteiger partial charge in [-0.05, 0) is 80.9 Å². The third-order valence-corrected chi connectivity index (χ3v) is 10.6. The first kappa shape index (κ1) is 29.9. The summed E-state index contributed by atoms with van der Waals surface area (Å²) in [6.07, 6.45) is 9.15. The van der Waals surface area contributed by atoms with Crippen molar-refractivity contribution in [3.05, 3.63) is 34.2 Å². The number of anilines is 1. The SMILES string of the molecule is Cc1cc(N2C(=O)CC[C@@H]2COCCO)cc(C)c1C=CS(=O)(=O)N1CCC2(CC1)N=C(C1CCCCC1)NC2=O. The molecule has 1 atom stereocenters. The highest BCUT2D eigenvalue weighted by molar-refractivity contribution is 7.92. The molecule has 0 bridgehead atoms. The Morgan fingerprint density at radius 2 is 1.78 bits per heavy atom. The minimum absolute atomic E-state index is 0.0290. The fraction of sp³-hybridized carbons (Fsp3) is 0.633. The zero-order valence-corrected chi connectivity index (χ0v) is 24.9. The Kier molecular flexibility index (Phi) is 8.98. The topological polar surface area (TPSA) is 129 Å². The maximum atomic E-state index is 13.3. The minimum Gasteiger partial charge on any atom is -0.394 e. The number of ether oxygens (including phenoxy) is 1. The zero-order chi connectivity index (χ0) is 29.2. The quantitative estimate of drug-likeness (QED) is 0.428. The van der Waals surface area contributed by atoms with E-state index in [1.807, 2.05) is 26.0 Å². The third-order valence-electron chi connectivity index (χ3n) is 9.03. The van der Waals surface area contributed by atoms with Gasteiger partial charge in [0.05, 0.1) is 25.9 Å². The van der Waals surface area contributed by atoms with Crippen LogP contribution < -0.4 is 10.2 Å². The summed E-state index contributed by atoms with van der Waals surface area (Å²) < 4.78 is 33.5. The number of amidine groups is 1. The van der Waals surface area contributed by atoms with Crippen molar-refractivity contribution in [3.8, 4) is 0 Å². The molecule has 10 nitrogen and oxygen atoms in total. The average molecular weight is 587 g/mol. The Morgan fingerprint density at radius 1 is 1.10 bits per heavy atom. The molecule has 11 heteroatoms. The lowest BCUT2D eigenvalue weighted by atomic mass is 9.88. The monoisotopic (exact) mass is 586 g/mol. The molecule has 0 aromatic heterocycles. The Labute approximate surface area is 242 Å². The van der Waals surface area contributed by atoms with Crippen LogP contribution in [0.15, 0.2) is 22.5 Å². The van der Waals surface area contributed by atoms with Gasteiger partial charge in [-0.15, -0.1) is 0 Å². The first-order valence-corrected chi connectivity index (χ1v) is 16.4.